The highest BCUT2D eigenvalue weighted by Crippen LogP contribution is 2.27. The molecule has 0 spiro atoms. The van der Waals surface area contributed by atoms with E-state index in [4.69, 9.17) is 0 Å². The molecule has 0 aromatic carbocycles. The second-order valence-electron chi connectivity index (χ2n) is 4.30. The molecule has 1 atom stereocenters. The van der Waals surface area contributed by atoms with E-state index in [2.05, 4.69) is 22.4 Å². The first-order valence-corrected chi connectivity index (χ1v) is 5.58. The van der Waals surface area contributed by atoms with Crippen LogP contribution in [-0.2, 0) is 6.54 Å². The molecular formula is C11H19N3. The smallest absolute Gasteiger partial charge is 0.0490 e. The summed E-state index contributed by atoms with van der Waals surface area (Å²) in [6.07, 6.45) is 7.44. The molecule has 2 N–H and O–H groups in total. The van der Waals surface area contributed by atoms with Gasteiger partial charge in [-0.1, -0.05) is 12.8 Å². The van der Waals surface area contributed by atoms with Gasteiger partial charge in [-0.05, 0) is 31.7 Å². The summed E-state index contributed by atoms with van der Waals surface area (Å²) in [5.74, 6) is 0.887. The van der Waals surface area contributed by atoms with E-state index in [9.17, 15) is 0 Å². The average molecular weight is 193 g/mol. The summed E-state index contributed by atoms with van der Waals surface area (Å²) in [6.45, 7) is 3.21. The average Bonchev–Trinajstić information content (AvgIpc) is 2.87. The fourth-order valence-electron chi connectivity index (χ4n) is 2.28. The molecule has 1 aliphatic carbocycles. The van der Waals surface area contributed by atoms with Gasteiger partial charge in [0.2, 0.25) is 0 Å². The Morgan fingerprint density at radius 1 is 1.57 bits per heavy atom. The standard InChI is InChI=1S/C11H19N3/c1-9(10-4-2-3-5-10)12-8-11-6-7-13-14-11/h6-7,9-10,12H,2-5,8H2,1H3,(H,13,14). The summed E-state index contributed by atoms with van der Waals surface area (Å²) in [5, 5.41) is 10.5. The number of hydrogen-bond donors (Lipinski definition) is 2. The van der Waals surface area contributed by atoms with Gasteiger partial charge in [0.15, 0.2) is 0 Å². The molecule has 78 valence electrons. The number of aromatic nitrogens is 2. The summed E-state index contributed by atoms with van der Waals surface area (Å²) in [5.41, 5.74) is 1.18. The van der Waals surface area contributed by atoms with Gasteiger partial charge < -0.3 is 5.32 Å². The summed E-state index contributed by atoms with van der Waals surface area (Å²) in [7, 11) is 0. The van der Waals surface area contributed by atoms with Crippen molar-refractivity contribution in [3.05, 3.63) is 18.0 Å². The Morgan fingerprint density at radius 3 is 3.00 bits per heavy atom. The number of nitrogens with one attached hydrogen (secondary N) is 2. The van der Waals surface area contributed by atoms with Crippen LogP contribution in [0.4, 0.5) is 0 Å². The highest BCUT2D eigenvalue weighted by atomic mass is 15.1. The van der Waals surface area contributed by atoms with Crippen molar-refractivity contribution in [3.63, 3.8) is 0 Å². The normalized spacial score (nSPS) is 20.1. The molecule has 0 amide bonds. The summed E-state index contributed by atoms with van der Waals surface area (Å²) in [6, 6.07) is 2.66. The third-order valence-electron chi connectivity index (χ3n) is 3.28. The highest BCUT2D eigenvalue weighted by molar-refractivity contribution is 4.97. The van der Waals surface area contributed by atoms with Gasteiger partial charge in [-0.2, -0.15) is 5.10 Å². The van der Waals surface area contributed by atoms with Crippen LogP contribution < -0.4 is 5.32 Å². The first-order valence-electron chi connectivity index (χ1n) is 5.58. The molecule has 0 radical (unpaired) electrons. The maximum absolute atomic E-state index is 3.93. The van der Waals surface area contributed by atoms with E-state index < -0.39 is 0 Å². The van der Waals surface area contributed by atoms with Gasteiger partial charge in [-0.3, -0.25) is 5.10 Å². The molecule has 2 rings (SSSR count). The van der Waals surface area contributed by atoms with Crippen molar-refractivity contribution in [1.29, 1.82) is 0 Å². The summed E-state index contributed by atoms with van der Waals surface area (Å²) < 4.78 is 0. The molecule has 1 aromatic heterocycles. The molecule has 1 unspecified atom stereocenters. The Labute approximate surface area is 85.3 Å². The van der Waals surface area contributed by atoms with Crippen LogP contribution in [0.15, 0.2) is 12.3 Å². The molecule has 1 fully saturated rings. The molecule has 14 heavy (non-hydrogen) atoms. The van der Waals surface area contributed by atoms with Crippen molar-refractivity contribution in [2.45, 2.75) is 45.2 Å². The largest absolute Gasteiger partial charge is 0.308 e. The third kappa shape index (κ3) is 2.35. The molecule has 1 heterocycles. The zero-order valence-corrected chi connectivity index (χ0v) is 8.79. The molecular weight excluding hydrogens is 174 g/mol. The Morgan fingerprint density at radius 2 is 2.36 bits per heavy atom. The fourth-order valence-corrected chi connectivity index (χ4v) is 2.28. The fraction of sp³-hybridized carbons (Fsp3) is 0.727. The third-order valence-corrected chi connectivity index (χ3v) is 3.28. The van der Waals surface area contributed by atoms with Gasteiger partial charge in [-0.25, -0.2) is 0 Å². The van der Waals surface area contributed by atoms with Crippen LogP contribution in [0.3, 0.4) is 0 Å². The molecule has 1 saturated carbocycles. The molecule has 1 aromatic rings. The number of nitrogens with zero attached hydrogens (tertiary/aromatic N) is 1. The topological polar surface area (TPSA) is 40.7 Å². The minimum atomic E-state index is 0.640. The monoisotopic (exact) mass is 193 g/mol. The number of hydrogen-bond acceptors (Lipinski definition) is 2. The van der Waals surface area contributed by atoms with Crippen molar-refractivity contribution in [3.8, 4) is 0 Å². The predicted octanol–water partition coefficient (Wildman–Crippen LogP) is 2.08. The second-order valence-corrected chi connectivity index (χ2v) is 4.30. The quantitative estimate of drug-likeness (QED) is 0.768. The van der Waals surface area contributed by atoms with Crippen molar-refractivity contribution in [2.75, 3.05) is 0 Å². The lowest BCUT2D eigenvalue weighted by atomic mass is 10.00. The SMILES string of the molecule is CC(NCc1ccn[nH]1)C1CCCC1. The Kier molecular flexibility index (Phi) is 3.19. The number of H-pyrrole nitrogens is 1. The lowest BCUT2D eigenvalue weighted by molar-refractivity contribution is 0.379. The van der Waals surface area contributed by atoms with Crippen LogP contribution in [0, 0.1) is 5.92 Å². The molecule has 3 nitrogen and oxygen atoms in total. The van der Waals surface area contributed by atoms with Crippen LogP contribution >= 0.6 is 0 Å². The van der Waals surface area contributed by atoms with E-state index >= 15 is 0 Å². The van der Waals surface area contributed by atoms with Crippen LogP contribution in [0.25, 0.3) is 0 Å². The van der Waals surface area contributed by atoms with Gasteiger partial charge in [0.05, 0.1) is 0 Å². The predicted molar refractivity (Wildman–Crippen MR) is 56.8 cm³/mol. The van der Waals surface area contributed by atoms with Gasteiger partial charge in [0, 0.05) is 24.5 Å². The minimum Gasteiger partial charge on any atom is -0.308 e. The first kappa shape index (κ1) is 9.71. The zero-order valence-electron chi connectivity index (χ0n) is 8.79. The lowest BCUT2D eigenvalue weighted by Gasteiger charge is -2.19. The van der Waals surface area contributed by atoms with Crippen LogP contribution in [0.2, 0.25) is 0 Å². The van der Waals surface area contributed by atoms with Crippen LogP contribution in [-0.4, -0.2) is 16.2 Å². The summed E-state index contributed by atoms with van der Waals surface area (Å²) >= 11 is 0. The molecule has 0 aliphatic heterocycles. The van der Waals surface area contributed by atoms with E-state index in [0.29, 0.717) is 6.04 Å². The van der Waals surface area contributed by atoms with E-state index in [0.717, 1.165) is 12.5 Å². The Balaban J connectivity index is 1.74. The first-order chi connectivity index (χ1) is 6.86. The second kappa shape index (κ2) is 4.60. The van der Waals surface area contributed by atoms with Crippen molar-refractivity contribution in [2.24, 2.45) is 5.92 Å². The number of rotatable bonds is 4. The van der Waals surface area contributed by atoms with Gasteiger partial charge in [0.1, 0.15) is 0 Å². The van der Waals surface area contributed by atoms with Crippen LogP contribution in [0.5, 0.6) is 0 Å². The van der Waals surface area contributed by atoms with E-state index in [1.807, 2.05) is 6.07 Å². The van der Waals surface area contributed by atoms with Gasteiger partial charge >= 0.3 is 0 Å². The lowest BCUT2D eigenvalue weighted by Crippen LogP contribution is -2.31. The maximum Gasteiger partial charge on any atom is 0.0490 e. The molecule has 0 bridgehead atoms. The molecule has 0 saturated heterocycles. The highest BCUT2D eigenvalue weighted by Gasteiger charge is 2.20. The maximum atomic E-state index is 3.93. The van der Waals surface area contributed by atoms with E-state index in [1.54, 1.807) is 6.20 Å². The van der Waals surface area contributed by atoms with Crippen molar-refractivity contribution >= 4 is 0 Å². The number of aromatic amines is 1. The Hall–Kier alpha value is -0.830. The zero-order chi connectivity index (χ0) is 9.80. The van der Waals surface area contributed by atoms with Crippen molar-refractivity contribution < 1.29 is 0 Å². The van der Waals surface area contributed by atoms with Gasteiger partial charge in [0.25, 0.3) is 0 Å². The molecule has 3 heteroatoms. The Bertz CT molecular complexity index is 250. The molecule has 1 aliphatic rings. The van der Waals surface area contributed by atoms with E-state index in [1.165, 1.54) is 31.4 Å². The van der Waals surface area contributed by atoms with Crippen LogP contribution in [0.1, 0.15) is 38.3 Å². The van der Waals surface area contributed by atoms with Crippen molar-refractivity contribution in [1.82, 2.24) is 15.5 Å². The minimum absolute atomic E-state index is 0.640. The summed E-state index contributed by atoms with van der Waals surface area (Å²) in [4.78, 5) is 0. The van der Waals surface area contributed by atoms with Gasteiger partial charge in [-0.15, -0.1) is 0 Å². The van der Waals surface area contributed by atoms with E-state index in [-0.39, 0.29) is 0 Å².